The molecule has 0 saturated heterocycles. The molecular formula is C18H16. The van der Waals surface area contributed by atoms with E-state index < -0.39 is 0 Å². The number of benzene rings is 2. The van der Waals surface area contributed by atoms with E-state index >= 15 is 0 Å². The number of hydrogen-bond donors (Lipinski definition) is 0. The van der Waals surface area contributed by atoms with Crippen LogP contribution >= 0.6 is 0 Å². The Balaban J connectivity index is 2.10. The highest BCUT2D eigenvalue weighted by Crippen LogP contribution is 2.37. The summed E-state index contributed by atoms with van der Waals surface area (Å²) in [6.07, 6.45) is 5.67. The molecule has 0 amide bonds. The predicted octanol–water partition coefficient (Wildman–Crippen LogP) is 5.03. The Morgan fingerprint density at radius 1 is 0.833 bits per heavy atom. The van der Waals surface area contributed by atoms with Crippen LogP contribution in [0.1, 0.15) is 30.0 Å². The number of allylic oxidation sites excluding steroid dienone is 3. The first-order valence-electron chi connectivity index (χ1n) is 6.45. The zero-order valence-electron chi connectivity index (χ0n) is 10.6. The van der Waals surface area contributed by atoms with Gasteiger partial charge in [0.05, 0.1) is 0 Å². The second-order valence-corrected chi connectivity index (χ2v) is 4.58. The van der Waals surface area contributed by atoms with E-state index in [-0.39, 0.29) is 0 Å². The molecule has 0 N–H and O–H groups in total. The third-order valence-electron chi connectivity index (χ3n) is 3.42. The van der Waals surface area contributed by atoms with Gasteiger partial charge in [-0.15, -0.1) is 0 Å². The van der Waals surface area contributed by atoms with Crippen molar-refractivity contribution in [3.63, 3.8) is 0 Å². The van der Waals surface area contributed by atoms with Crippen LogP contribution < -0.4 is 0 Å². The van der Waals surface area contributed by atoms with Gasteiger partial charge < -0.3 is 0 Å². The van der Waals surface area contributed by atoms with Gasteiger partial charge in [0, 0.05) is 0 Å². The predicted molar refractivity (Wildman–Crippen MR) is 79.0 cm³/mol. The summed E-state index contributed by atoms with van der Waals surface area (Å²) in [5, 5.41) is 0. The Bertz CT molecular complexity index is 615. The van der Waals surface area contributed by atoms with Crippen LogP contribution in [0.5, 0.6) is 0 Å². The molecule has 0 fully saturated rings. The van der Waals surface area contributed by atoms with E-state index in [1.807, 2.05) is 0 Å². The largest absolute Gasteiger partial charge is 0.0622 e. The van der Waals surface area contributed by atoms with Crippen molar-refractivity contribution >= 4 is 17.2 Å². The van der Waals surface area contributed by atoms with Crippen molar-refractivity contribution in [1.82, 2.24) is 0 Å². The van der Waals surface area contributed by atoms with E-state index in [0.29, 0.717) is 0 Å². The van der Waals surface area contributed by atoms with Gasteiger partial charge in [0.25, 0.3) is 0 Å². The zero-order valence-corrected chi connectivity index (χ0v) is 10.6. The van der Waals surface area contributed by atoms with E-state index in [9.17, 15) is 0 Å². The number of rotatable bonds is 2. The third kappa shape index (κ3) is 1.91. The summed E-state index contributed by atoms with van der Waals surface area (Å²) >= 11 is 0. The Morgan fingerprint density at radius 3 is 2.22 bits per heavy atom. The summed E-state index contributed by atoms with van der Waals surface area (Å²) in [5.41, 5.74) is 6.78. The molecule has 2 aromatic rings. The molecule has 0 saturated carbocycles. The monoisotopic (exact) mass is 232 g/mol. The molecule has 88 valence electrons. The maximum Gasteiger partial charge on any atom is -0.0108 e. The van der Waals surface area contributed by atoms with Crippen LogP contribution in [0.2, 0.25) is 0 Å². The van der Waals surface area contributed by atoms with Gasteiger partial charge in [-0.05, 0) is 40.3 Å². The average Bonchev–Trinajstić information content (AvgIpc) is 2.78. The normalized spacial score (nSPS) is 15.6. The van der Waals surface area contributed by atoms with Crippen LogP contribution in [0, 0.1) is 0 Å². The second kappa shape index (κ2) is 4.66. The molecule has 18 heavy (non-hydrogen) atoms. The summed E-state index contributed by atoms with van der Waals surface area (Å²) in [6, 6.07) is 19.2. The molecule has 1 aliphatic rings. The fraction of sp³-hybridized carbons (Fsp3) is 0.111. The third-order valence-corrected chi connectivity index (χ3v) is 3.42. The Kier molecular flexibility index (Phi) is 2.85. The minimum absolute atomic E-state index is 1.09. The van der Waals surface area contributed by atoms with E-state index in [1.54, 1.807) is 0 Å². The second-order valence-electron chi connectivity index (χ2n) is 4.58. The molecule has 0 atom stereocenters. The Morgan fingerprint density at radius 2 is 1.50 bits per heavy atom. The minimum Gasteiger partial charge on any atom is -0.0622 e. The van der Waals surface area contributed by atoms with Crippen LogP contribution in [0.4, 0.5) is 0 Å². The van der Waals surface area contributed by atoms with Gasteiger partial charge in [-0.25, -0.2) is 0 Å². The maximum atomic E-state index is 2.32. The lowest BCUT2D eigenvalue weighted by molar-refractivity contribution is 1.25. The quantitative estimate of drug-likeness (QED) is 0.681. The SMILES string of the molecule is CCC1=CC(=Cc2ccccc2)c2ccccc21. The first-order chi connectivity index (χ1) is 8.88. The fourth-order valence-corrected chi connectivity index (χ4v) is 2.50. The minimum atomic E-state index is 1.09. The molecule has 2 aromatic carbocycles. The fourth-order valence-electron chi connectivity index (χ4n) is 2.50. The van der Waals surface area contributed by atoms with Gasteiger partial charge in [-0.3, -0.25) is 0 Å². The highest BCUT2D eigenvalue weighted by molar-refractivity contribution is 6.01. The Labute approximate surface area is 108 Å². The number of fused-ring (bicyclic) bond motifs is 1. The van der Waals surface area contributed by atoms with Crippen molar-refractivity contribution in [3.05, 3.63) is 77.4 Å². The molecule has 1 aliphatic carbocycles. The first kappa shape index (κ1) is 11.0. The molecule has 0 heteroatoms. The molecule has 0 radical (unpaired) electrons. The van der Waals surface area contributed by atoms with Crippen LogP contribution in [0.15, 0.2) is 60.7 Å². The highest BCUT2D eigenvalue weighted by Gasteiger charge is 2.15. The standard InChI is InChI=1S/C18H16/c1-2-15-13-16(12-14-8-4-3-5-9-14)18-11-7-6-10-17(15)18/h3-13H,2H2,1H3. The number of hydrogen-bond acceptors (Lipinski definition) is 0. The highest BCUT2D eigenvalue weighted by atomic mass is 14.2. The Hall–Kier alpha value is -2.08. The van der Waals surface area contributed by atoms with Gasteiger partial charge in [-0.2, -0.15) is 0 Å². The van der Waals surface area contributed by atoms with E-state index in [2.05, 4.69) is 73.7 Å². The van der Waals surface area contributed by atoms with Gasteiger partial charge in [0.2, 0.25) is 0 Å². The van der Waals surface area contributed by atoms with Gasteiger partial charge in [0.15, 0.2) is 0 Å². The molecule has 3 rings (SSSR count). The zero-order chi connectivity index (χ0) is 12.4. The lowest BCUT2D eigenvalue weighted by atomic mass is 10.0. The van der Waals surface area contributed by atoms with Crippen molar-refractivity contribution < 1.29 is 0 Å². The summed E-state index contributed by atoms with van der Waals surface area (Å²) in [4.78, 5) is 0. The first-order valence-corrected chi connectivity index (χ1v) is 6.45. The molecule has 0 nitrogen and oxygen atoms in total. The van der Waals surface area contributed by atoms with Crippen molar-refractivity contribution in [1.29, 1.82) is 0 Å². The van der Waals surface area contributed by atoms with Gasteiger partial charge >= 0.3 is 0 Å². The van der Waals surface area contributed by atoms with E-state index in [1.165, 1.54) is 27.8 Å². The molecular weight excluding hydrogens is 216 g/mol. The summed E-state index contributed by atoms with van der Waals surface area (Å²) < 4.78 is 0. The molecule has 0 aromatic heterocycles. The van der Waals surface area contributed by atoms with Gasteiger partial charge in [-0.1, -0.05) is 67.6 Å². The summed E-state index contributed by atoms with van der Waals surface area (Å²) in [6.45, 7) is 2.22. The molecule has 0 heterocycles. The summed E-state index contributed by atoms with van der Waals surface area (Å²) in [5.74, 6) is 0. The van der Waals surface area contributed by atoms with Crippen LogP contribution in [-0.2, 0) is 0 Å². The summed E-state index contributed by atoms with van der Waals surface area (Å²) in [7, 11) is 0. The van der Waals surface area contributed by atoms with Crippen molar-refractivity contribution in [2.45, 2.75) is 13.3 Å². The van der Waals surface area contributed by atoms with Crippen LogP contribution in [0.25, 0.3) is 17.2 Å². The lowest BCUT2D eigenvalue weighted by Crippen LogP contribution is -1.82. The average molecular weight is 232 g/mol. The van der Waals surface area contributed by atoms with Crippen molar-refractivity contribution in [2.24, 2.45) is 0 Å². The van der Waals surface area contributed by atoms with Crippen molar-refractivity contribution in [3.8, 4) is 0 Å². The molecule has 0 spiro atoms. The van der Waals surface area contributed by atoms with Crippen LogP contribution in [0.3, 0.4) is 0 Å². The van der Waals surface area contributed by atoms with E-state index in [0.717, 1.165) is 6.42 Å². The van der Waals surface area contributed by atoms with Gasteiger partial charge in [0.1, 0.15) is 0 Å². The maximum absolute atomic E-state index is 2.32. The van der Waals surface area contributed by atoms with Crippen LogP contribution in [-0.4, -0.2) is 0 Å². The smallest absolute Gasteiger partial charge is 0.0108 e. The molecule has 0 aliphatic heterocycles. The lowest BCUT2D eigenvalue weighted by Gasteiger charge is -2.02. The topological polar surface area (TPSA) is 0 Å². The van der Waals surface area contributed by atoms with E-state index in [4.69, 9.17) is 0 Å². The molecule has 0 bridgehead atoms. The molecule has 0 unspecified atom stereocenters. The van der Waals surface area contributed by atoms with Crippen molar-refractivity contribution in [2.75, 3.05) is 0 Å².